The van der Waals surface area contributed by atoms with Crippen molar-refractivity contribution in [3.8, 4) is 11.5 Å². The highest BCUT2D eigenvalue weighted by Gasteiger charge is 2.14. The molecule has 0 aliphatic carbocycles. The molecular weight excluding hydrogens is 248 g/mol. The second kappa shape index (κ2) is 4.66. The Kier molecular flexibility index (Phi) is 3.77. The van der Waals surface area contributed by atoms with Crippen LogP contribution in [0.5, 0.6) is 11.5 Å². The van der Waals surface area contributed by atoms with Gasteiger partial charge in [0, 0.05) is 16.1 Å². The number of rotatable bonds is 3. The summed E-state index contributed by atoms with van der Waals surface area (Å²) in [5.41, 5.74) is 0.730. The van der Waals surface area contributed by atoms with Gasteiger partial charge in [-0.05, 0) is 13.0 Å². The molecule has 1 aromatic carbocycles. The molecule has 0 unspecified atom stereocenters. The topological polar surface area (TPSA) is 38.7 Å². The third kappa shape index (κ3) is 2.19. The van der Waals surface area contributed by atoms with Crippen LogP contribution in [0.1, 0.15) is 18.6 Å². The lowest BCUT2D eigenvalue weighted by molar-refractivity contribution is 0.193. The van der Waals surface area contributed by atoms with Crippen LogP contribution in [0.25, 0.3) is 0 Å². The molecule has 4 heteroatoms. The molecule has 0 saturated carbocycles. The van der Waals surface area contributed by atoms with Gasteiger partial charge in [-0.1, -0.05) is 15.9 Å². The summed E-state index contributed by atoms with van der Waals surface area (Å²) in [6.07, 6.45) is -0.578. The molecule has 0 radical (unpaired) electrons. The van der Waals surface area contributed by atoms with Crippen LogP contribution in [0.4, 0.5) is 0 Å². The van der Waals surface area contributed by atoms with Gasteiger partial charge in [-0.25, -0.2) is 0 Å². The minimum Gasteiger partial charge on any atom is -0.497 e. The quantitative estimate of drug-likeness (QED) is 0.908. The summed E-state index contributed by atoms with van der Waals surface area (Å²) in [7, 11) is 3.15. The number of methoxy groups -OCH3 is 2. The Bertz CT molecular complexity index is 323. The van der Waals surface area contributed by atoms with E-state index >= 15 is 0 Å². The van der Waals surface area contributed by atoms with Crippen LogP contribution >= 0.6 is 15.9 Å². The average molecular weight is 261 g/mol. The molecule has 0 aliphatic heterocycles. The Morgan fingerprint density at radius 2 is 1.93 bits per heavy atom. The fraction of sp³-hybridized carbons (Fsp3) is 0.400. The summed E-state index contributed by atoms with van der Waals surface area (Å²) in [5, 5.41) is 9.53. The highest BCUT2D eigenvalue weighted by molar-refractivity contribution is 9.10. The first-order chi connectivity index (χ1) is 6.60. The van der Waals surface area contributed by atoms with E-state index in [1.807, 2.05) is 0 Å². The van der Waals surface area contributed by atoms with Crippen molar-refractivity contribution in [1.29, 1.82) is 0 Å². The molecule has 1 rings (SSSR count). The molecule has 3 nitrogen and oxygen atoms in total. The zero-order valence-electron chi connectivity index (χ0n) is 8.37. The molecule has 1 aromatic rings. The SMILES string of the molecule is COc1cc(Br)c([C@@H](C)O)c(OC)c1. The molecule has 1 N–H and O–H groups in total. The third-order valence-corrected chi connectivity index (χ3v) is 2.59. The second-order valence-electron chi connectivity index (χ2n) is 2.90. The summed E-state index contributed by atoms with van der Waals surface area (Å²) in [5.74, 6) is 1.31. The Morgan fingerprint density at radius 1 is 1.29 bits per heavy atom. The van der Waals surface area contributed by atoms with Crippen molar-refractivity contribution in [3.05, 3.63) is 22.2 Å². The number of benzene rings is 1. The van der Waals surface area contributed by atoms with Crippen molar-refractivity contribution in [2.24, 2.45) is 0 Å². The smallest absolute Gasteiger partial charge is 0.129 e. The fourth-order valence-corrected chi connectivity index (χ4v) is 2.01. The van der Waals surface area contributed by atoms with E-state index in [-0.39, 0.29) is 0 Å². The van der Waals surface area contributed by atoms with Crippen LogP contribution in [0.15, 0.2) is 16.6 Å². The number of hydrogen-bond donors (Lipinski definition) is 1. The van der Waals surface area contributed by atoms with Gasteiger partial charge in [-0.2, -0.15) is 0 Å². The maximum absolute atomic E-state index is 9.53. The van der Waals surface area contributed by atoms with Crippen molar-refractivity contribution >= 4 is 15.9 Å². The number of aliphatic hydroxyl groups excluding tert-OH is 1. The zero-order valence-corrected chi connectivity index (χ0v) is 9.96. The van der Waals surface area contributed by atoms with Crippen molar-refractivity contribution < 1.29 is 14.6 Å². The van der Waals surface area contributed by atoms with Crippen LogP contribution in [0.3, 0.4) is 0 Å². The molecule has 0 aliphatic rings. The zero-order chi connectivity index (χ0) is 10.7. The van der Waals surface area contributed by atoms with Crippen molar-refractivity contribution in [2.75, 3.05) is 14.2 Å². The maximum Gasteiger partial charge on any atom is 0.129 e. The third-order valence-electron chi connectivity index (χ3n) is 1.94. The highest BCUT2D eigenvalue weighted by Crippen LogP contribution is 2.36. The highest BCUT2D eigenvalue weighted by atomic mass is 79.9. The number of hydrogen-bond acceptors (Lipinski definition) is 3. The van der Waals surface area contributed by atoms with Crippen molar-refractivity contribution in [2.45, 2.75) is 13.0 Å². The largest absolute Gasteiger partial charge is 0.497 e. The van der Waals surface area contributed by atoms with Crippen LogP contribution < -0.4 is 9.47 Å². The molecular formula is C10H13BrO3. The maximum atomic E-state index is 9.53. The molecule has 1 atom stereocenters. The lowest BCUT2D eigenvalue weighted by atomic mass is 10.1. The monoisotopic (exact) mass is 260 g/mol. The van der Waals surface area contributed by atoms with E-state index in [4.69, 9.17) is 9.47 Å². The lowest BCUT2D eigenvalue weighted by Gasteiger charge is -2.14. The molecule has 0 amide bonds. The standard InChI is InChI=1S/C10H13BrO3/c1-6(12)10-8(11)4-7(13-2)5-9(10)14-3/h4-6,12H,1-3H3/t6-/m1/s1. The van der Waals surface area contributed by atoms with Crippen LogP contribution in [0, 0.1) is 0 Å². The normalized spacial score (nSPS) is 12.4. The summed E-state index contributed by atoms with van der Waals surface area (Å²) < 4.78 is 11.0. The summed E-state index contributed by atoms with van der Waals surface area (Å²) in [4.78, 5) is 0. The minimum absolute atomic E-state index is 0.578. The van der Waals surface area contributed by atoms with E-state index in [2.05, 4.69) is 15.9 Å². The molecule has 0 aromatic heterocycles. The van der Waals surface area contributed by atoms with Gasteiger partial charge < -0.3 is 14.6 Å². The van der Waals surface area contributed by atoms with Gasteiger partial charge in [0.15, 0.2) is 0 Å². The van der Waals surface area contributed by atoms with Gasteiger partial charge in [0.1, 0.15) is 11.5 Å². The van der Waals surface area contributed by atoms with E-state index < -0.39 is 6.10 Å². The fourth-order valence-electron chi connectivity index (χ4n) is 1.26. The van der Waals surface area contributed by atoms with E-state index in [1.165, 1.54) is 0 Å². The summed E-state index contributed by atoms with van der Waals surface area (Å²) in [6.45, 7) is 1.69. The van der Waals surface area contributed by atoms with Gasteiger partial charge in [-0.15, -0.1) is 0 Å². The molecule has 14 heavy (non-hydrogen) atoms. The van der Waals surface area contributed by atoms with Crippen molar-refractivity contribution in [1.82, 2.24) is 0 Å². The Hall–Kier alpha value is -0.740. The molecule has 0 fully saturated rings. The van der Waals surface area contributed by atoms with E-state index in [1.54, 1.807) is 33.3 Å². The molecule has 78 valence electrons. The lowest BCUT2D eigenvalue weighted by Crippen LogP contribution is -1.98. The summed E-state index contributed by atoms with van der Waals surface area (Å²) >= 11 is 3.36. The van der Waals surface area contributed by atoms with Gasteiger partial charge in [0.25, 0.3) is 0 Å². The Labute approximate surface area is 91.8 Å². The molecule has 0 heterocycles. The Morgan fingerprint density at radius 3 is 2.36 bits per heavy atom. The Balaban J connectivity index is 3.27. The van der Waals surface area contributed by atoms with E-state index in [0.29, 0.717) is 11.5 Å². The first-order valence-electron chi connectivity index (χ1n) is 4.19. The van der Waals surface area contributed by atoms with E-state index in [9.17, 15) is 5.11 Å². The first-order valence-corrected chi connectivity index (χ1v) is 4.99. The predicted octanol–water partition coefficient (Wildman–Crippen LogP) is 2.52. The second-order valence-corrected chi connectivity index (χ2v) is 3.76. The first kappa shape index (κ1) is 11.3. The number of halogens is 1. The van der Waals surface area contributed by atoms with Crippen LogP contribution in [-0.4, -0.2) is 19.3 Å². The average Bonchev–Trinajstić information content (AvgIpc) is 2.15. The van der Waals surface area contributed by atoms with E-state index in [0.717, 1.165) is 10.0 Å². The van der Waals surface area contributed by atoms with Gasteiger partial charge in [0.05, 0.1) is 20.3 Å². The minimum atomic E-state index is -0.578. The van der Waals surface area contributed by atoms with Crippen LogP contribution in [-0.2, 0) is 0 Å². The van der Waals surface area contributed by atoms with Crippen LogP contribution in [0.2, 0.25) is 0 Å². The van der Waals surface area contributed by atoms with Crippen molar-refractivity contribution in [3.63, 3.8) is 0 Å². The van der Waals surface area contributed by atoms with Gasteiger partial charge in [-0.3, -0.25) is 0 Å². The number of ether oxygens (including phenoxy) is 2. The molecule has 0 spiro atoms. The van der Waals surface area contributed by atoms with Gasteiger partial charge >= 0.3 is 0 Å². The molecule has 0 saturated heterocycles. The molecule has 0 bridgehead atoms. The summed E-state index contributed by atoms with van der Waals surface area (Å²) in [6, 6.07) is 3.54. The van der Waals surface area contributed by atoms with Gasteiger partial charge in [0.2, 0.25) is 0 Å². The number of aliphatic hydroxyl groups is 1. The predicted molar refractivity (Wildman–Crippen MR) is 57.9 cm³/mol.